The van der Waals surface area contributed by atoms with Gasteiger partial charge in [0.1, 0.15) is 0 Å². The molecule has 1 aliphatic rings. The predicted molar refractivity (Wildman–Crippen MR) is 38.1 cm³/mol. The number of aliphatic hydroxyl groups is 1. The van der Waals surface area contributed by atoms with E-state index in [9.17, 15) is 0 Å². The van der Waals surface area contributed by atoms with E-state index in [1.54, 1.807) is 0 Å². The summed E-state index contributed by atoms with van der Waals surface area (Å²) in [5, 5.41) is 8.69. The van der Waals surface area contributed by atoms with Crippen molar-refractivity contribution in [1.82, 2.24) is 0 Å². The molecular formula is C8H14O. The van der Waals surface area contributed by atoms with Gasteiger partial charge in [-0.15, -0.1) is 0 Å². The topological polar surface area (TPSA) is 20.2 Å². The summed E-state index contributed by atoms with van der Waals surface area (Å²) in [5.74, 6) is 0.407. The minimum Gasteiger partial charge on any atom is -0.395 e. The average molecular weight is 126 g/mol. The van der Waals surface area contributed by atoms with E-state index >= 15 is 0 Å². The van der Waals surface area contributed by atoms with Crippen LogP contribution < -0.4 is 0 Å². The number of aliphatic hydroxyl groups excluding tert-OH is 1. The minimum absolute atomic E-state index is 0.285. The van der Waals surface area contributed by atoms with Crippen molar-refractivity contribution in [1.29, 1.82) is 0 Å². The summed E-state index contributed by atoms with van der Waals surface area (Å²) in [7, 11) is 0. The Morgan fingerprint density at radius 3 is 2.22 bits per heavy atom. The fourth-order valence-corrected chi connectivity index (χ4v) is 1.13. The number of hydrogen-bond donors (Lipinski definition) is 1. The lowest BCUT2D eigenvalue weighted by atomic mass is 9.91. The predicted octanol–water partition coefficient (Wildman–Crippen LogP) is 1.58. The van der Waals surface area contributed by atoms with Gasteiger partial charge in [0.15, 0.2) is 0 Å². The van der Waals surface area contributed by atoms with E-state index in [-0.39, 0.29) is 5.41 Å². The first-order valence-electron chi connectivity index (χ1n) is 3.39. The first kappa shape index (κ1) is 6.81. The van der Waals surface area contributed by atoms with Crippen LogP contribution >= 0.6 is 0 Å². The van der Waals surface area contributed by atoms with Gasteiger partial charge in [0.2, 0.25) is 0 Å². The maximum absolute atomic E-state index is 8.69. The van der Waals surface area contributed by atoms with Crippen molar-refractivity contribution in [3.8, 4) is 0 Å². The summed E-state index contributed by atoms with van der Waals surface area (Å²) in [6.07, 6.45) is 2.14. The van der Waals surface area contributed by atoms with Crippen LogP contribution in [0, 0.1) is 11.3 Å². The zero-order valence-corrected chi connectivity index (χ0v) is 6.31. The lowest BCUT2D eigenvalue weighted by Crippen LogP contribution is -2.06. The van der Waals surface area contributed by atoms with Crippen molar-refractivity contribution in [3.63, 3.8) is 0 Å². The van der Waals surface area contributed by atoms with Crippen molar-refractivity contribution < 1.29 is 5.11 Å². The smallest absolute Gasteiger partial charge is 0.0531 e. The van der Waals surface area contributed by atoms with Gasteiger partial charge in [0.05, 0.1) is 6.61 Å². The van der Waals surface area contributed by atoms with Crippen molar-refractivity contribution in [2.75, 3.05) is 6.61 Å². The van der Waals surface area contributed by atoms with Crippen molar-refractivity contribution >= 4 is 0 Å². The Morgan fingerprint density at radius 1 is 1.56 bits per heavy atom. The normalized spacial score (nSPS) is 25.8. The molecule has 1 nitrogen and oxygen atoms in total. The van der Waals surface area contributed by atoms with Crippen LogP contribution in [0.4, 0.5) is 0 Å². The van der Waals surface area contributed by atoms with Gasteiger partial charge < -0.3 is 5.11 Å². The molecule has 0 amide bonds. The third-order valence-electron chi connectivity index (χ3n) is 1.73. The maximum Gasteiger partial charge on any atom is 0.0531 e. The summed E-state index contributed by atoms with van der Waals surface area (Å²) in [6, 6.07) is 0. The van der Waals surface area contributed by atoms with Crippen LogP contribution in [0.1, 0.15) is 20.8 Å². The Labute approximate surface area is 56.4 Å². The third kappa shape index (κ3) is 1.33. The highest BCUT2D eigenvalue weighted by Crippen LogP contribution is 2.42. The molecule has 0 aliphatic heterocycles. The SMILES string of the molecule is CC(C)(C)C1=CC1CO. The summed E-state index contributed by atoms with van der Waals surface area (Å²) >= 11 is 0. The molecule has 1 N–H and O–H groups in total. The molecule has 0 saturated carbocycles. The second-order valence-electron chi connectivity index (χ2n) is 3.66. The van der Waals surface area contributed by atoms with E-state index < -0.39 is 0 Å². The molecule has 9 heavy (non-hydrogen) atoms. The molecule has 0 saturated heterocycles. The average Bonchev–Trinajstić information content (AvgIpc) is 2.39. The Bertz CT molecular complexity index is 139. The summed E-state index contributed by atoms with van der Waals surface area (Å²) in [5.41, 5.74) is 1.69. The van der Waals surface area contributed by atoms with E-state index in [1.807, 2.05) is 0 Å². The van der Waals surface area contributed by atoms with Crippen molar-refractivity contribution in [3.05, 3.63) is 11.6 Å². The van der Waals surface area contributed by atoms with Crippen LogP contribution in [-0.2, 0) is 0 Å². The van der Waals surface area contributed by atoms with Crippen LogP contribution in [0.15, 0.2) is 11.6 Å². The summed E-state index contributed by atoms with van der Waals surface area (Å²) in [6.45, 7) is 6.82. The Morgan fingerprint density at radius 2 is 2.11 bits per heavy atom. The zero-order chi connectivity index (χ0) is 7.07. The lowest BCUT2D eigenvalue weighted by molar-refractivity contribution is 0.275. The molecule has 0 bridgehead atoms. The Balaban J connectivity index is 2.42. The minimum atomic E-state index is 0.285. The van der Waals surface area contributed by atoms with E-state index in [4.69, 9.17) is 5.11 Å². The fraction of sp³-hybridized carbons (Fsp3) is 0.750. The molecule has 0 aromatic carbocycles. The fourth-order valence-electron chi connectivity index (χ4n) is 1.13. The van der Waals surface area contributed by atoms with Gasteiger partial charge in [0.25, 0.3) is 0 Å². The highest BCUT2D eigenvalue weighted by Gasteiger charge is 2.32. The molecule has 1 heteroatoms. The first-order chi connectivity index (χ1) is 4.05. The molecule has 0 radical (unpaired) electrons. The number of hydrogen-bond acceptors (Lipinski definition) is 1. The zero-order valence-electron chi connectivity index (χ0n) is 6.31. The molecule has 1 aliphatic carbocycles. The molecule has 52 valence electrons. The molecule has 1 rings (SSSR count). The third-order valence-corrected chi connectivity index (χ3v) is 1.73. The van der Waals surface area contributed by atoms with Crippen molar-refractivity contribution in [2.24, 2.45) is 11.3 Å². The standard InChI is InChI=1S/C8H14O/c1-8(2,3)7-4-6(7)5-9/h4,6,9H,5H2,1-3H3. The van der Waals surface area contributed by atoms with Crippen LogP contribution in [0.5, 0.6) is 0 Å². The second-order valence-corrected chi connectivity index (χ2v) is 3.66. The first-order valence-corrected chi connectivity index (χ1v) is 3.39. The van der Waals surface area contributed by atoms with E-state index in [0.29, 0.717) is 12.5 Å². The van der Waals surface area contributed by atoms with E-state index in [1.165, 1.54) is 5.57 Å². The monoisotopic (exact) mass is 126 g/mol. The van der Waals surface area contributed by atoms with Crippen LogP contribution in [0.3, 0.4) is 0 Å². The van der Waals surface area contributed by atoms with Crippen LogP contribution in [0.25, 0.3) is 0 Å². The maximum atomic E-state index is 8.69. The molecule has 0 spiro atoms. The molecule has 1 atom stereocenters. The van der Waals surface area contributed by atoms with E-state index in [2.05, 4.69) is 26.8 Å². The Hall–Kier alpha value is -0.300. The van der Waals surface area contributed by atoms with Crippen LogP contribution in [-0.4, -0.2) is 11.7 Å². The quantitative estimate of drug-likeness (QED) is 0.529. The molecule has 1 unspecified atom stereocenters. The van der Waals surface area contributed by atoms with Gasteiger partial charge in [-0.05, 0) is 5.41 Å². The van der Waals surface area contributed by atoms with E-state index in [0.717, 1.165) is 0 Å². The van der Waals surface area contributed by atoms with Gasteiger partial charge in [-0.3, -0.25) is 0 Å². The van der Waals surface area contributed by atoms with Crippen molar-refractivity contribution in [2.45, 2.75) is 20.8 Å². The molecular weight excluding hydrogens is 112 g/mol. The van der Waals surface area contributed by atoms with Gasteiger partial charge in [-0.1, -0.05) is 32.4 Å². The molecule has 0 aromatic rings. The van der Waals surface area contributed by atoms with Gasteiger partial charge in [-0.2, -0.15) is 0 Å². The summed E-state index contributed by atoms with van der Waals surface area (Å²) < 4.78 is 0. The molecule has 0 aromatic heterocycles. The molecule has 0 fully saturated rings. The van der Waals surface area contributed by atoms with Crippen LogP contribution in [0.2, 0.25) is 0 Å². The largest absolute Gasteiger partial charge is 0.395 e. The molecule has 0 heterocycles. The highest BCUT2D eigenvalue weighted by molar-refractivity contribution is 5.34. The van der Waals surface area contributed by atoms with Gasteiger partial charge in [0, 0.05) is 5.92 Å². The summed E-state index contributed by atoms with van der Waals surface area (Å²) in [4.78, 5) is 0. The Kier molecular flexibility index (Phi) is 1.39. The van der Waals surface area contributed by atoms with Gasteiger partial charge >= 0.3 is 0 Å². The lowest BCUT2D eigenvalue weighted by Gasteiger charge is -2.14. The number of rotatable bonds is 1. The van der Waals surface area contributed by atoms with Gasteiger partial charge in [-0.25, -0.2) is 0 Å². The second kappa shape index (κ2) is 1.84. The highest BCUT2D eigenvalue weighted by atomic mass is 16.3.